The number of hydrogen-bond acceptors (Lipinski definition) is 3. The monoisotopic (exact) mass is 253 g/mol. The Kier molecular flexibility index (Phi) is 4.37. The highest BCUT2D eigenvalue weighted by molar-refractivity contribution is 7.89. The maximum absolute atomic E-state index is 11.3. The van der Waals surface area contributed by atoms with E-state index in [1.807, 2.05) is 23.8 Å². The van der Waals surface area contributed by atoms with Crippen LogP contribution in [0.4, 0.5) is 0 Å². The zero-order chi connectivity index (χ0) is 10.6. The Labute approximate surface area is 93.1 Å². The van der Waals surface area contributed by atoms with Gasteiger partial charge in [0, 0.05) is 11.9 Å². The van der Waals surface area contributed by atoms with Gasteiger partial charge in [0.2, 0.25) is 10.0 Å². The summed E-state index contributed by atoms with van der Waals surface area (Å²) in [4.78, 5) is 0. The molecule has 0 bridgehead atoms. The quantitative estimate of drug-likeness (QED) is 0.816. The summed E-state index contributed by atoms with van der Waals surface area (Å²) in [5.41, 5.74) is 0.980. The molecule has 1 aromatic heterocycles. The van der Waals surface area contributed by atoms with E-state index >= 15 is 0 Å². The molecule has 0 fully saturated rings. The topological polar surface area (TPSA) is 46.2 Å². The summed E-state index contributed by atoms with van der Waals surface area (Å²) in [5, 5.41) is 3.84. The summed E-state index contributed by atoms with van der Waals surface area (Å²) in [6, 6.07) is 1.72. The van der Waals surface area contributed by atoms with Crippen LogP contribution in [0.2, 0.25) is 0 Å². The fourth-order valence-corrected chi connectivity index (χ4v) is 3.38. The Morgan fingerprint density at radius 3 is 2.86 bits per heavy atom. The van der Waals surface area contributed by atoms with Gasteiger partial charge in [0.15, 0.2) is 0 Å². The Balaban J connectivity index is 2.61. The fraction of sp³-hybridized carbons (Fsp3) is 0.500. The van der Waals surface area contributed by atoms with Crippen LogP contribution in [0.15, 0.2) is 16.8 Å². The van der Waals surface area contributed by atoms with E-state index in [2.05, 4.69) is 4.72 Å². The summed E-state index contributed by atoms with van der Waals surface area (Å²) < 4.78 is 25.2. The third kappa shape index (κ3) is 3.57. The molecule has 0 saturated carbocycles. The molecule has 0 aliphatic rings. The second-order valence-corrected chi connectivity index (χ2v) is 5.94. The van der Waals surface area contributed by atoms with Gasteiger partial charge in [0.25, 0.3) is 0 Å². The first-order chi connectivity index (χ1) is 6.55. The molecule has 0 radical (unpaired) electrons. The van der Waals surface area contributed by atoms with Crippen molar-refractivity contribution < 1.29 is 8.42 Å². The summed E-state index contributed by atoms with van der Waals surface area (Å²) in [6.07, 6.45) is 0. The first-order valence-corrected chi connectivity index (χ1v) is 7.26. The van der Waals surface area contributed by atoms with Crippen molar-refractivity contribution in [1.29, 1.82) is 0 Å². The Hall–Kier alpha value is -0.100. The molecule has 0 aliphatic heterocycles. The summed E-state index contributed by atoms with van der Waals surface area (Å²) in [7, 11) is -3.23. The third-order valence-corrected chi connectivity index (χ3v) is 4.31. The van der Waals surface area contributed by atoms with Crippen LogP contribution in [0.1, 0.15) is 18.5 Å². The van der Waals surface area contributed by atoms with Crippen LogP contribution in [-0.4, -0.2) is 20.1 Å². The van der Waals surface area contributed by atoms with E-state index in [1.165, 1.54) is 0 Å². The molecule has 0 spiro atoms. The van der Waals surface area contributed by atoms with E-state index in [9.17, 15) is 8.42 Å². The SMILES string of the molecule is CC(NS(=O)(=O)CCCl)c1ccsc1. The number of thiophene rings is 1. The van der Waals surface area contributed by atoms with Gasteiger partial charge in [0.1, 0.15) is 0 Å². The molecule has 6 heteroatoms. The molecule has 0 aromatic carbocycles. The van der Waals surface area contributed by atoms with Crippen molar-refractivity contribution in [3.8, 4) is 0 Å². The van der Waals surface area contributed by atoms with Crippen molar-refractivity contribution in [1.82, 2.24) is 4.72 Å². The molecule has 1 rings (SSSR count). The summed E-state index contributed by atoms with van der Waals surface area (Å²) in [5.74, 6) is 0.0781. The smallest absolute Gasteiger partial charge is 0.212 e. The lowest BCUT2D eigenvalue weighted by Crippen LogP contribution is -2.29. The van der Waals surface area contributed by atoms with Gasteiger partial charge in [-0.25, -0.2) is 13.1 Å². The molecule has 0 aliphatic carbocycles. The van der Waals surface area contributed by atoms with Crippen LogP contribution in [-0.2, 0) is 10.0 Å². The lowest BCUT2D eigenvalue weighted by molar-refractivity contribution is 0.569. The highest BCUT2D eigenvalue weighted by Gasteiger charge is 2.14. The normalized spacial score (nSPS) is 14.1. The third-order valence-electron chi connectivity index (χ3n) is 1.75. The minimum absolute atomic E-state index is 0.0387. The number of nitrogens with one attached hydrogen (secondary N) is 1. The average molecular weight is 254 g/mol. The van der Waals surface area contributed by atoms with Crippen molar-refractivity contribution in [2.75, 3.05) is 11.6 Å². The fourth-order valence-electron chi connectivity index (χ4n) is 1.02. The second kappa shape index (κ2) is 5.11. The van der Waals surface area contributed by atoms with Crippen LogP contribution >= 0.6 is 22.9 Å². The van der Waals surface area contributed by atoms with E-state index < -0.39 is 10.0 Å². The number of hydrogen-bond donors (Lipinski definition) is 1. The Bertz CT molecular complexity index is 361. The first-order valence-electron chi connectivity index (χ1n) is 4.13. The van der Waals surface area contributed by atoms with Crippen LogP contribution < -0.4 is 4.72 Å². The van der Waals surface area contributed by atoms with Crippen molar-refractivity contribution >= 4 is 33.0 Å². The lowest BCUT2D eigenvalue weighted by Gasteiger charge is -2.11. The zero-order valence-electron chi connectivity index (χ0n) is 7.73. The molecule has 1 atom stereocenters. The molecule has 3 nitrogen and oxygen atoms in total. The Morgan fingerprint density at radius 1 is 1.64 bits per heavy atom. The minimum Gasteiger partial charge on any atom is -0.212 e. The Morgan fingerprint density at radius 2 is 2.36 bits per heavy atom. The lowest BCUT2D eigenvalue weighted by atomic mass is 10.2. The predicted octanol–water partition coefficient (Wildman–Crippen LogP) is 1.97. The molecule has 1 heterocycles. The van der Waals surface area contributed by atoms with E-state index in [0.29, 0.717) is 0 Å². The molecular weight excluding hydrogens is 242 g/mol. The molecule has 1 aromatic rings. The van der Waals surface area contributed by atoms with Gasteiger partial charge in [-0.1, -0.05) is 0 Å². The number of alkyl halides is 1. The van der Waals surface area contributed by atoms with Crippen molar-refractivity contribution in [3.05, 3.63) is 22.4 Å². The van der Waals surface area contributed by atoms with Crippen LogP contribution in [0, 0.1) is 0 Å². The molecule has 0 amide bonds. The van der Waals surface area contributed by atoms with E-state index in [4.69, 9.17) is 11.6 Å². The largest absolute Gasteiger partial charge is 0.213 e. The van der Waals surface area contributed by atoms with Gasteiger partial charge in [-0.05, 0) is 29.3 Å². The molecule has 1 unspecified atom stereocenters. The second-order valence-electron chi connectivity index (χ2n) is 2.90. The van der Waals surface area contributed by atoms with Gasteiger partial charge >= 0.3 is 0 Å². The molecule has 0 saturated heterocycles. The van der Waals surface area contributed by atoms with E-state index in [0.717, 1.165) is 5.56 Å². The number of rotatable bonds is 5. The van der Waals surface area contributed by atoms with E-state index in [-0.39, 0.29) is 17.7 Å². The molecular formula is C8H12ClNO2S2. The molecule has 1 N–H and O–H groups in total. The standard InChI is InChI=1S/C8H12ClNO2S2/c1-7(8-2-4-13-6-8)10-14(11,12)5-3-9/h2,4,6-7,10H,3,5H2,1H3. The van der Waals surface area contributed by atoms with Crippen LogP contribution in [0.5, 0.6) is 0 Å². The zero-order valence-corrected chi connectivity index (χ0v) is 10.1. The summed E-state index contributed by atoms with van der Waals surface area (Å²) in [6.45, 7) is 1.81. The highest BCUT2D eigenvalue weighted by Crippen LogP contribution is 2.16. The summed E-state index contributed by atoms with van der Waals surface area (Å²) >= 11 is 6.92. The van der Waals surface area contributed by atoms with Crippen LogP contribution in [0.3, 0.4) is 0 Å². The van der Waals surface area contributed by atoms with Crippen LogP contribution in [0.25, 0.3) is 0 Å². The maximum atomic E-state index is 11.3. The van der Waals surface area contributed by atoms with E-state index in [1.54, 1.807) is 11.3 Å². The minimum atomic E-state index is -3.23. The van der Waals surface area contributed by atoms with Gasteiger partial charge in [-0.15, -0.1) is 11.6 Å². The van der Waals surface area contributed by atoms with Gasteiger partial charge in [-0.2, -0.15) is 11.3 Å². The van der Waals surface area contributed by atoms with Crippen molar-refractivity contribution in [2.24, 2.45) is 0 Å². The molecule has 80 valence electrons. The highest BCUT2D eigenvalue weighted by atomic mass is 35.5. The van der Waals surface area contributed by atoms with Gasteiger partial charge < -0.3 is 0 Å². The predicted molar refractivity (Wildman–Crippen MR) is 60.4 cm³/mol. The van der Waals surface area contributed by atoms with Gasteiger partial charge in [0.05, 0.1) is 5.75 Å². The average Bonchev–Trinajstić information content (AvgIpc) is 2.53. The number of halogens is 1. The molecule has 14 heavy (non-hydrogen) atoms. The van der Waals surface area contributed by atoms with Crippen molar-refractivity contribution in [2.45, 2.75) is 13.0 Å². The number of sulfonamides is 1. The first kappa shape index (κ1) is 12.0. The van der Waals surface area contributed by atoms with Gasteiger partial charge in [-0.3, -0.25) is 0 Å². The maximum Gasteiger partial charge on any atom is 0.213 e. The van der Waals surface area contributed by atoms with Crippen molar-refractivity contribution in [3.63, 3.8) is 0 Å².